The van der Waals surface area contributed by atoms with Crippen LogP contribution in [0.4, 0.5) is 5.69 Å². The zero-order chi connectivity index (χ0) is 16.4. The topological polar surface area (TPSA) is 86.3 Å². The van der Waals surface area contributed by atoms with Gasteiger partial charge in [-0.05, 0) is 13.8 Å². The molecule has 122 valence electrons. The number of nitro benzene ring substituents is 1. The number of morpholine rings is 1. The normalized spacial score (nSPS) is 22.2. The Morgan fingerprint density at radius 2 is 2.26 bits per heavy atom. The largest absolute Gasteiger partial charge is 0.376 e. The first-order valence-electron chi connectivity index (χ1n) is 7.53. The molecule has 0 bridgehead atoms. The Bertz CT molecular complexity index is 702. The number of nitro groups is 1. The van der Waals surface area contributed by atoms with E-state index in [0.29, 0.717) is 30.7 Å². The van der Waals surface area contributed by atoms with E-state index >= 15 is 0 Å². The van der Waals surface area contributed by atoms with Crippen LogP contribution in [-0.4, -0.2) is 49.9 Å². The molecule has 2 aromatic rings. The molecule has 0 aliphatic carbocycles. The Morgan fingerprint density at radius 1 is 1.43 bits per heavy atom. The molecule has 0 radical (unpaired) electrons. The fourth-order valence-electron chi connectivity index (χ4n) is 2.61. The van der Waals surface area contributed by atoms with Crippen molar-refractivity contribution in [1.82, 2.24) is 19.7 Å². The van der Waals surface area contributed by atoms with Gasteiger partial charge in [0.05, 0.1) is 24.3 Å². The number of aromatic nitrogens is 3. The minimum atomic E-state index is -0.419. The van der Waals surface area contributed by atoms with Crippen molar-refractivity contribution in [3.63, 3.8) is 0 Å². The molecule has 2 atom stereocenters. The molecule has 1 aliphatic rings. The highest BCUT2D eigenvalue weighted by atomic mass is 16.6. The summed E-state index contributed by atoms with van der Waals surface area (Å²) in [4.78, 5) is 17.0. The molecule has 0 saturated carbocycles. The van der Waals surface area contributed by atoms with Crippen molar-refractivity contribution in [2.45, 2.75) is 32.7 Å². The van der Waals surface area contributed by atoms with Crippen molar-refractivity contribution >= 4 is 5.69 Å². The summed E-state index contributed by atoms with van der Waals surface area (Å²) in [5.74, 6) is 0.489. The Morgan fingerprint density at radius 3 is 3.04 bits per heavy atom. The maximum atomic E-state index is 10.9. The molecule has 1 fully saturated rings. The molecule has 1 saturated heterocycles. The molecule has 0 spiro atoms. The molecule has 23 heavy (non-hydrogen) atoms. The number of rotatable bonds is 4. The first-order chi connectivity index (χ1) is 11.0. The summed E-state index contributed by atoms with van der Waals surface area (Å²) in [6, 6.07) is 6.67. The highest BCUT2D eigenvalue weighted by Crippen LogP contribution is 2.21. The number of nitrogens with zero attached hydrogens (tertiary/aromatic N) is 5. The van der Waals surface area contributed by atoms with Crippen LogP contribution in [0.1, 0.15) is 13.8 Å². The SMILES string of the molecule is C[C@@H]1CN(Cn2cnc(-c3cccc([N+](=O)[O-])c3)n2)[C@H](C)CO1. The van der Waals surface area contributed by atoms with Crippen LogP contribution in [0.2, 0.25) is 0 Å². The van der Waals surface area contributed by atoms with Crippen molar-refractivity contribution in [2.24, 2.45) is 0 Å². The summed E-state index contributed by atoms with van der Waals surface area (Å²) >= 11 is 0. The van der Waals surface area contributed by atoms with Gasteiger partial charge in [0.15, 0.2) is 5.82 Å². The zero-order valence-corrected chi connectivity index (χ0v) is 13.1. The molecule has 1 aromatic heterocycles. The Kier molecular flexibility index (Phi) is 4.35. The van der Waals surface area contributed by atoms with E-state index in [1.165, 1.54) is 12.1 Å². The summed E-state index contributed by atoms with van der Waals surface area (Å²) in [6.45, 7) is 6.33. The summed E-state index contributed by atoms with van der Waals surface area (Å²) in [7, 11) is 0. The predicted molar refractivity (Wildman–Crippen MR) is 83.7 cm³/mol. The van der Waals surface area contributed by atoms with Crippen LogP contribution in [0.15, 0.2) is 30.6 Å². The van der Waals surface area contributed by atoms with Crippen LogP contribution < -0.4 is 0 Å². The predicted octanol–water partition coefficient (Wildman–Crippen LogP) is 1.92. The van der Waals surface area contributed by atoms with Gasteiger partial charge in [0.1, 0.15) is 6.33 Å². The lowest BCUT2D eigenvalue weighted by Crippen LogP contribution is -2.47. The molecule has 1 aliphatic heterocycles. The highest BCUT2D eigenvalue weighted by Gasteiger charge is 2.23. The van der Waals surface area contributed by atoms with Gasteiger partial charge in [-0.1, -0.05) is 12.1 Å². The van der Waals surface area contributed by atoms with Gasteiger partial charge in [-0.2, -0.15) is 0 Å². The van der Waals surface area contributed by atoms with Gasteiger partial charge in [0.2, 0.25) is 0 Å². The van der Waals surface area contributed by atoms with Crippen molar-refractivity contribution < 1.29 is 9.66 Å². The lowest BCUT2D eigenvalue weighted by Gasteiger charge is -2.36. The first kappa shape index (κ1) is 15.6. The molecule has 2 heterocycles. The maximum Gasteiger partial charge on any atom is 0.270 e. The minimum absolute atomic E-state index is 0.0366. The fraction of sp³-hybridized carbons (Fsp3) is 0.467. The van der Waals surface area contributed by atoms with Crippen molar-refractivity contribution in [2.75, 3.05) is 13.2 Å². The molecule has 1 aromatic carbocycles. The van der Waals surface area contributed by atoms with Gasteiger partial charge in [0, 0.05) is 30.3 Å². The van der Waals surface area contributed by atoms with E-state index in [0.717, 1.165) is 6.54 Å². The number of benzene rings is 1. The zero-order valence-electron chi connectivity index (χ0n) is 13.1. The maximum absolute atomic E-state index is 10.9. The smallest absolute Gasteiger partial charge is 0.270 e. The number of hydrogen-bond acceptors (Lipinski definition) is 6. The molecular formula is C15H19N5O3. The van der Waals surface area contributed by atoms with E-state index < -0.39 is 4.92 Å². The number of non-ortho nitro benzene ring substituents is 1. The van der Waals surface area contributed by atoms with Crippen LogP contribution in [0.3, 0.4) is 0 Å². The average molecular weight is 317 g/mol. The number of ether oxygens (including phenoxy) is 1. The lowest BCUT2D eigenvalue weighted by molar-refractivity contribution is -0.384. The third-order valence-electron chi connectivity index (χ3n) is 3.92. The summed E-state index contributed by atoms with van der Waals surface area (Å²) < 4.78 is 7.37. The van der Waals surface area contributed by atoms with Crippen LogP contribution in [0.25, 0.3) is 11.4 Å². The Hall–Kier alpha value is -2.32. The standard InChI is InChI=1S/C15H19N5O3/c1-11-8-23-12(2)7-18(11)10-19-9-16-15(17-19)13-4-3-5-14(6-13)20(21)22/h3-6,9,11-12H,7-8,10H2,1-2H3/t11-,12-/m1/s1. The summed E-state index contributed by atoms with van der Waals surface area (Å²) in [6.07, 6.45) is 1.85. The third kappa shape index (κ3) is 3.54. The van der Waals surface area contributed by atoms with Crippen molar-refractivity contribution in [3.8, 4) is 11.4 Å². The van der Waals surface area contributed by atoms with Gasteiger partial charge in [-0.25, -0.2) is 9.67 Å². The van der Waals surface area contributed by atoms with Gasteiger partial charge in [-0.3, -0.25) is 15.0 Å². The third-order valence-corrected chi connectivity index (χ3v) is 3.92. The second-order valence-corrected chi connectivity index (χ2v) is 5.82. The van der Waals surface area contributed by atoms with Gasteiger partial charge in [-0.15, -0.1) is 5.10 Å². The monoisotopic (exact) mass is 317 g/mol. The highest BCUT2D eigenvalue weighted by molar-refractivity contribution is 5.58. The quantitative estimate of drug-likeness (QED) is 0.632. The summed E-state index contributed by atoms with van der Waals surface area (Å²) in [5, 5.41) is 15.3. The second-order valence-electron chi connectivity index (χ2n) is 5.82. The van der Waals surface area contributed by atoms with Crippen molar-refractivity contribution in [1.29, 1.82) is 0 Å². The van der Waals surface area contributed by atoms with Crippen LogP contribution in [0, 0.1) is 10.1 Å². The molecule has 8 nitrogen and oxygen atoms in total. The Balaban J connectivity index is 1.75. The van der Waals surface area contributed by atoms with Gasteiger partial charge < -0.3 is 4.74 Å². The fourth-order valence-corrected chi connectivity index (χ4v) is 2.61. The molecule has 3 rings (SSSR count). The molecule has 8 heteroatoms. The van der Waals surface area contributed by atoms with E-state index in [1.54, 1.807) is 23.1 Å². The first-order valence-corrected chi connectivity index (χ1v) is 7.53. The van der Waals surface area contributed by atoms with E-state index in [1.807, 2.05) is 0 Å². The summed E-state index contributed by atoms with van der Waals surface area (Å²) in [5.41, 5.74) is 0.677. The lowest BCUT2D eigenvalue weighted by atomic mass is 10.2. The Labute approximate surface area is 133 Å². The molecule has 0 amide bonds. The van der Waals surface area contributed by atoms with E-state index in [-0.39, 0.29) is 11.8 Å². The molecular weight excluding hydrogens is 298 g/mol. The van der Waals surface area contributed by atoms with E-state index in [9.17, 15) is 10.1 Å². The molecule has 0 unspecified atom stereocenters. The number of hydrogen-bond donors (Lipinski definition) is 0. The van der Waals surface area contributed by atoms with E-state index in [2.05, 4.69) is 28.8 Å². The van der Waals surface area contributed by atoms with Crippen molar-refractivity contribution in [3.05, 3.63) is 40.7 Å². The van der Waals surface area contributed by atoms with Crippen LogP contribution in [0.5, 0.6) is 0 Å². The van der Waals surface area contributed by atoms with Gasteiger partial charge in [0.25, 0.3) is 5.69 Å². The molecule has 0 N–H and O–H groups in total. The van der Waals surface area contributed by atoms with Gasteiger partial charge >= 0.3 is 0 Å². The minimum Gasteiger partial charge on any atom is -0.376 e. The van der Waals surface area contributed by atoms with Crippen LogP contribution >= 0.6 is 0 Å². The van der Waals surface area contributed by atoms with E-state index in [4.69, 9.17) is 4.74 Å². The second kappa shape index (κ2) is 6.43. The average Bonchev–Trinajstić information content (AvgIpc) is 3.00. The van der Waals surface area contributed by atoms with Crippen LogP contribution in [-0.2, 0) is 11.4 Å².